The number of anilines is 1. The number of amides is 1. The summed E-state index contributed by atoms with van der Waals surface area (Å²) in [6, 6.07) is 10.6. The molecule has 2 aliphatic rings. The largest absolute Gasteiger partial charge is 0.483 e. The van der Waals surface area contributed by atoms with Crippen molar-refractivity contribution in [2.24, 2.45) is 0 Å². The Balaban J connectivity index is 1.37. The number of carbonyl (C=O) groups excluding carboxylic acids is 1. The molecule has 2 fully saturated rings. The predicted octanol–water partition coefficient (Wildman–Crippen LogP) is 3.54. The number of aromatic nitrogens is 1. The van der Waals surface area contributed by atoms with Crippen LogP contribution in [0.15, 0.2) is 47.5 Å². The zero-order valence-electron chi connectivity index (χ0n) is 21.0. The Bertz CT molecular complexity index is 1140. The number of rotatable bonds is 11. The summed E-state index contributed by atoms with van der Waals surface area (Å²) in [5.74, 6) is 0.942. The summed E-state index contributed by atoms with van der Waals surface area (Å²) in [4.78, 5) is 16.1. The van der Waals surface area contributed by atoms with Gasteiger partial charge in [-0.3, -0.25) is 4.79 Å². The van der Waals surface area contributed by atoms with Gasteiger partial charge in [0.25, 0.3) is 5.91 Å². The van der Waals surface area contributed by atoms with Gasteiger partial charge in [-0.1, -0.05) is 25.1 Å². The molecule has 3 N–H and O–H groups in total. The highest BCUT2D eigenvalue weighted by molar-refractivity contribution is 7.89. The zero-order valence-corrected chi connectivity index (χ0v) is 21.8. The van der Waals surface area contributed by atoms with Gasteiger partial charge in [-0.05, 0) is 63.1 Å². The van der Waals surface area contributed by atoms with Crippen molar-refractivity contribution in [1.29, 1.82) is 0 Å². The van der Waals surface area contributed by atoms with Gasteiger partial charge in [0.05, 0.1) is 17.7 Å². The van der Waals surface area contributed by atoms with E-state index in [0.717, 1.165) is 44.1 Å². The molecule has 36 heavy (non-hydrogen) atoms. The van der Waals surface area contributed by atoms with Crippen molar-refractivity contribution in [2.45, 2.75) is 74.5 Å². The van der Waals surface area contributed by atoms with Crippen molar-refractivity contribution in [2.75, 3.05) is 25.5 Å². The molecule has 1 amide bonds. The fourth-order valence-corrected chi connectivity index (χ4v) is 5.82. The number of hydrogen-bond donors (Lipinski definition) is 3. The van der Waals surface area contributed by atoms with Gasteiger partial charge in [0.15, 0.2) is 6.61 Å². The van der Waals surface area contributed by atoms with Crippen LogP contribution in [0.2, 0.25) is 0 Å². The molecule has 9 nitrogen and oxygen atoms in total. The molecule has 2 unspecified atom stereocenters. The van der Waals surface area contributed by atoms with E-state index in [9.17, 15) is 13.2 Å². The van der Waals surface area contributed by atoms with Crippen LogP contribution < -0.4 is 20.1 Å². The van der Waals surface area contributed by atoms with Crippen LogP contribution in [0.1, 0.15) is 63.5 Å². The maximum Gasteiger partial charge on any atom is 0.257 e. The van der Waals surface area contributed by atoms with Gasteiger partial charge >= 0.3 is 0 Å². The van der Waals surface area contributed by atoms with E-state index >= 15 is 0 Å². The molecule has 196 valence electrons. The van der Waals surface area contributed by atoms with E-state index in [0.29, 0.717) is 11.6 Å². The molecule has 1 aliphatic carbocycles. The Labute approximate surface area is 213 Å². The lowest BCUT2D eigenvalue weighted by atomic mass is 9.74. The lowest BCUT2D eigenvalue weighted by Gasteiger charge is -2.47. The Morgan fingerprint density at radius 3 is 2.64 bits per heavy atom. The standard InChI is InChI=1S/C26H36N4O5S/c1-3-22(21-9-4-5-10-23(21)34-18-25(31)27-2)30-24-12-11-20(17-28-24)36(32,33)29-16-19-8-6-13-26(35-19)14-7-15-26/h4-5,9-12,17,19,22,29H,3,6-8,13-16,18H2,1-2H3,(H,27,31)(H,28,30). The number of nitrogens with zero attached hydrogens (tertiary/aromatic N) is 1. The Kier molecular flexibility index (Phi) is 8.48. The zero-order chi connectivity index (χ0) is 25.6. The highest BCUT2D eigenvalue weighted by atomic mass is 32.2. The SMILES string of the molecule is CCC(Nc1ccc(S(=O)(=O)NCC2CCCC3(CCC3)O2)cn1)c1ccccc1OCC(=O)NC. The van der Waals surface area contributed by atoms with E-state index < -0.39 is 10.0 Å². The second-order valence-electron chi connectivity index (χ2n) is 9.50. The van der Waals surface area contributed by atoms with Crippen molar-refractivity contribution in [3.8, 4) is 5.75 Å². The second kappa shape index (κ2) is 11.6. The number of nitrogens with one attached hydrogen (secondary N) is 3. The highest BCUT2D eigenvalue weighted by Gasteiger charge is 2.42. The fraction of sp³-hybridized carbons (Fsp3) is 0.538. The van der Waals surface area contributed by atoms with Crippen LogP contribution >= 0.6 is 0 Å². The minimum atomic E-state index is -3.69. The average Bonchev–Trinajstić information content (AvgIpc) is 2.89. The smallest absolute Gasteiger partial charge is 0.257 e. The summed E-state index contributed by atoms with van der Waals surface area (Å²) >= 11 is 0. The van der Waals surface area contributed by atoms with Crippen LogP contribution in [0.3, 0.4) is 0 Å². The van der Waals surface area contributed by atoms with Crippen LogP contribution in [0.25, 0.3) is 0 Å². The first-order chi connectivity index (χ1) is 17.3. The maximum atomic E-state index is 12.9. The van der Waals surface area contributed by atoms with E-state index in [1.807, 2.05) is 31.2 Å². The normalized spacial score (nSPS) is 19.8. The van der Waals surface area contributed by atoms with Gasteiger partial charge in [-0.25, -0.2) is 18.1 Å². The van der Waals surface area contributed by atoms with Crippen LogP contribution in [0.4, 0.5) is 5.82 Å². The first-order valence-electron chi connectivity index (χ1n) is 12.7. The first kappa shape index (κ1) is 26.4. The van der Waals surface area contributed by atoms with Crippen molar-refractivity contribution < 1.29 is 22.7 Å². The van der Waals surface area contributed by atoms with Crippen LogP contribution in [0.5, 0.6) is 5.75 Å². The Hall–Kier alpha value is -2.69. The predicted molar refractivity (Wildman–Crippen MR) is 137 cm³/mol. The molecule has 1 saturated carbocycles. The number of hydrogen-bond acceptors (Lipinski definition) is 7. The molecule has 0 bridgehead atoms. The summed E-state index contributed by atoms with van der Waals surface area (Å²) in [5.41, 5.74) is 0.881. The monoisotopic (exact) mass is 516 g/mol. The topological polar surface area (TPSA) is 119 Å². The number of pyridine rings is 1. The van der Waals surface area contributed by atoms with Crippen LogP contribution in [-0.4, -0.2) is 51.2 Å². The van der Waals surface area contributed by atoms with Gasteiger partial charge in [-0.2, -0.15) is 0 Å². The molecule has 2 heterocycles. The van der Waals surface area contributed by atoms with E-state index in [-0.39, 0.29) is 41.7 Å². The summed E-state index contributed by atoms with van der Waals surface area (Å²) < 4.78 is 40.3. The van der Waals surface area contributed by atoms with E-state index in [1.165, 1.54) is 12.6 Å². The molecule has 1 aromatic heterocycles. The minimum absolute atomic E-state index is 0.00880. The third-order valence-electron chi connectivity index (χ3n) is 7.05. The highest BCUT2D eigenvalue weighted by Crippen LogP contribution is 2.44. The Morgan fingerprint density at radius 2 is 1.97 bits per heavy atom. The average molecular weight is 517 g/mol. The molecule has 2 atom stereocenters. The quantitative estimate of drug-likeness (QED) is 0.418. The number of sulfonamides is 1. The van der Waals surface area contributed by atoms with Crippen molar-refractivity contribution in [1.82, 2.24) is 15.0 Å². The van der Waals surface area contributed by atoms with Gasteiger partial charge in [0.2, 0.25) is 10.0 Å². The van der Waals surface area contributed by atoms with Crippen LogP contribution in [0, 0.1) is 0 Å². The minimum Gasteiger partial charge on any atom is -0.483 e. The first-order valence-corrected chi connectivity index (χ1v) is 14.1. The van der Waals surface area contributed by atoms with Crippen molar-refractivity contribution in [3.05, 3.63) is 48.2 Å². The Morgan fingerprint density at radius 1 is 1.19 bits per heavy atom. The van der Waals surface area contributed by atoms with Gasteiger partial charge in [0.1, 0.15) is 16.5 Å². The molecule has 1 aliphatic heterocycles. The third kappa shape index (κ3) is 6.35. The molecular formula is C26H36N4O5S. The second-order valence-corrected chi connectivity index (χ2v) is 11.3. The van der Waals surface area contributed by atoms with E-state index in [4.69, 9.17) is 9.47 Å². The molecule has 10 heteroatoms. The summed E-state index contributed by atoms with van der Waals surface area (Å²) in [6.07, 6.45) is 8.39. The summed E-state index contributed by atoms with van der Waals surface area (Å²) in [5, 5.41) is 5.89. The lowest BCUT2D eigenvalue weighted by molar-refractivity contribution is -0.166. The number of benzene rings is 1. The molecule has 2 aromatic rings. The summed E-state index contributed by atoms with van der Waals surface area (Å²) in [7, 11) is -2.13. The van der Waals surface area contributed by atoms with Gasteiger partial charge in [0, 0.05) is 25.4 Å². The lowest BCUT2D eigenvalue weighted by Crippen LogP contribution is -2.49. The van der Waals surface area contributed by atoms with Gasteiger partial charge in [-0.15, -0.1) is 0 Å². The number of ether oxygens (including phenoxy) is 2. The van der Waals surface area contributed by atoms with E-state index in [1.54, 1.807) is 19.2 Å². The van der Waals surface area contributed by atoms with Crippen molar-refractivity contribution in [3.63, 3.8) is 0 Å². The molecule has 1 aromatic carbocycles. The summed E-state index contributed by atoms with van der Waals surface area (Å²) in [6.45, 7) is 2.22. The van der Waals surface area contributed by atoms with E-state index in [2.05, 4.69) is 20.3 Å². The number of para-hydroxylation sites is 1. The number of likely N-dealkylation sites (N-methyl/N-ethyl adjacent to an activating group) is 1. The molecule has 4 rings (SSSR count). The molecule has 0 radical (unpaired) electrons. The molecule has 1 spiro atoms. The number of carbonyl (C=O) groups is 1. The van der Waals surface area contributed by atoms with Gasteiger partial charge < -0.3 is 20.1 Å². The fourth-order valence-electron chi connectivity index (χ4n) is 4.81. The van der Waals surface area contributed by atoms with Crippen LogP contribution in [-0.2, 0) is 19.6 Å². The van der Waals surface area contributed by atoms with Crippen molar-refractivity contribution >= 4 is 21.7 Å². The third-order valence-corrected chi connectivity index (χ3v) is 8.46. The molecular weight excluding hydrogens is 480 g/mol. The maximum absolute atomic E-state index is 12.9. The molecule has 1 saturated heterocycles.